The lowest BCUT2D eigenvalue weighted by Crippen LogP contribution is -2.41. The standard InChI is InChI=1S/C24H22F2N4O2S2/c1-16(24(31,13-30-15-27-14-28-30)21-10-6-18(25)11-22(21)26)34-23-29-19(12-33-23)7-3-17-4-8-20(32-2)9-5-17/h3-12,14-16,31H,13H2,1-2H3/t16-,24?/m1/s1. The molecule has 1 unspecified atom stereocenters. The molecule has 0 aliphatic heterocycles. The molecule has 2 aromatic carbocycles. The molecule has 34 heavy (non-hydrogen) atoms. The molecule has 2 atom stereocenters. The number of aliphatic hydroxyl groups is 1. The fourth-order valence-corrected chi connectivity index (χ4v) is 5.55. The maximum atomic E-state index is 14.7. The maximum absolute atomic E-state index is 14.7. The predicted molar refractivity (Wildman–Crippen MR) is 130 cm³/mol. The van der Waals surface area contributed by atoms with Gasteiger partial charge in [0.1, 0.15) is 35.6 Å². The Labute approximate surface area is 204 Å². The average Bonchev–Trinajstić information content (AvgIpc) is 3.50. The third-order valence-corrected chi connectivity index (χ3v) is 7.55. The molecule has 0 saturated heterocycles. The second kappa shape index (κ2) is 10.5. The smallest absolute Gasteiger partial charge is 0.150 e. The molecule has 4 rings (SSSR count). The van der Waals surface area contributed by atoms with Crippen LogP contribution in [0, 0.1) is 11.6 Å². The zero-order valence-corrected chi connectivity index (χ0v) is 20.1. The van der Waals surface area contributed by atoms with Crippen LogP contribution >= 0.6 is 23.1 Å². The molecule has 0 saturated carbocycles. The van der Waals surface area contributed by atoms with Gasteiger partial charge < -0.3 is 9.84 Å². The molecule has 0 radical (unpaired) electrons. The number of aromatic nitrogens is 4. The lowest BCUT2D eigenvalue weighted by atomic mass is 9.90. The summed E-state index contributed by atoms with van der Waals surface area (Å²) in [6.07, 6.45) is 6.62. The quantitative estimate of drug-likeness (QED) is 0.316. The van der Waals surface area contributed by atoms with Gasteiger partial charge in [-0.3, -0.25) is 0 Å². The topological polar surface area (TPSA) is 73.1 Å². The minimum Gasteiger partial charge on any atom is -0.497 e. The summed E-state index contributed by atoms with van der Waals surface area (Å²) in [6, 6.07) is 10.8. The Balaban J connectivity index is 1.54. The van der Waals surface area contributed by atoms with Gasteiger partial charge in [-0.15, -0.1) is 11.3 Å². The van der Waals surface area contributed by atoms with Gasteiger partial charge in [-0.1, -0.05) is 36.0 Å². The Morgan fingerprint density at radius 1 is 1.21 bits per heavy atom. The van der Waals surface area contributed by atoms with Gasteiger partial charge in [0.25, 0.3) is 0 Å². The van der Waals surface area contributed by atoms with Crippen LogP contribution in [0.5, 0.6) is 5.75 Å². The number of benzene rings is 2. The van der Waals surface area contributed by atoms with Gasteiger partial charge in [0.15, 0.2) is 4.34 Å². The van der Waals surface area contributed by atoms with Crippen molar-refractivity contribution in [1.29, 1.82) is 0 Å². The summed E-state index contributed by atoms with van der Waals surface area (Å²) in [4.78, 5) is 8.50. The van der Waals surface area contributed by atoms with E-state index in [0.717, 1.165) is 29.1 Å². The van der Waals surface area contributed by atoms with Crippen molar-refractivity contribution >= 4 is 35.3 Å². The SMILES string of the molecule is COc1ccc(C=Cc2csc(S[C@H](C)C(O)(Cn3cncn3)c3ccc(F)cc3F)n2)cc1. The van der Waals surface area contributed by atoms with E-state index in [1.807, 2.05) is 41.8 Å². The van der Waals surface area contributed by atoms with E-state index >= 15 is 0 Å². The van der Waals surface area contributed by atoms with Crippen molar-refractivity contribution in [2.45, 2.75) is 28.7 Å². The molecule has 0 aliphatic carbocycles. The van der Waals surface area contributed by atoms with Gasteiger partial charge in [-0.25, -0.2) is 23.4 Å². The van der Waals surface area contributed by atoms with E-state index < -0.39 is 22.5 Å². The predicted octanol–water partition coefficient (Wildman–Crippen LogP) is 5.26. The second-order valence-electron chi connectivity index (χ2n) is 7.55. The van der Waals surface area contributed by atoms with Gasteiger partial charge in [-0.05, 0) is 36.8 Å². The Morgan fingerprint density at radius 3 is 2.68 bits per heavy atom. The lowest BCUT2D eigenvalue weighted by Gasteiger charge is -2.34. The first-order valence-corrected chi connectivity index (χ1v) is 12.1. The molecule has 0 amide bonds. The first-order chi connectivity index (χ1) is 16.4. The van der Waals surface area contributed by atoms with Crippen LogP contribution in [-0.2, 0) is 12.1 Å². The largest absolute Gasteiger partial charge is 0.497 e. The van der Waals surface area contributed by atoms with Crippen molar-refractivity contribution in [3.63, 3.8) is 0 Å². The summed E-state index contributed by atoms with van der Waals surface area (Å²) in [5.74, 6) is -0.746. The second-order valence-corrected chi connectivity index (χ2v) is 9.99. The van der Waals surface area contributed by atoms with Crippen molar-refractivity contribution < 1.29 is 18.6 Å². The molecule has 0 aliphatic rings. The van der Waals surface area contributed by atoms with Crippen molar-refractivity contribution in [1.82, 2.24) is 19.7 Å². The first kappa shape index (κ1) is 24.1. The van der Waals surface area contributed by atoms with E-state index in [2.05, 4.69) is 15.1 Å². The number of ether oxygens (including phenoxy) is 1. The van der Waals surface area contributed by atoms with Crippen LogP contribution in [0.15, 0.2) is 64.8 Å². The Bertz CT molecular complexity index is 1260. The van der Waals surface area contributed by atoms with Gasteiger partial charge in [-0.2, -0.15) is 5.10 Å². The number of thioether (sulfide) groups is 1. The highest BCUT2D eigenvalue weighted by Crippen LogP contribution is 2.40. The molecule has 4 aromatic rings. The van der Waals surface area contributed by atoms with Crippen LogP contribution < -0.4 is 4.74 Å². The highest BCUT2D eigenvalue weighted by molar-refractivity contribution is 8.01. The lowest BCUT2D eigenvalue weighted by molar-refractivity contribution is 0.0133. The monoisotopic (exact) mass is 500 g/mol. The molecule has 10 heteroatoms. The zero-order chi connectivity index (χ0) is 24.1. The number of hydrogen-bond acceptors (Lipinski definition) is 7. The minimum absolute atomic E-state index is 0.0134. The minimum atomic E-state index is -1.69. The highest BCUT2D eigenvalue weighted by atomic mass is 32.2. The molecule has 1 N–H and O–H groups in total. The summed E-state index contributed by atoms with van der Waals surface area (Å²) < 4.78 is 35.5. The average molecular weight is 501 g/mol. The summed E-state index contributed by atoms with van der Waals surface area (Å²) in [5.41, 5.74) is 0.0650. The van der Waals surface area contributed by atoms with Gasteiger partial charge in [0.05, 0.1) is 19.3 Å². The molecular formula is C24H22F2N4O2S2. The highest BCUT2D eigenvalue weighted by Gasteiger charge is 2.40. The number of halogens is 2. The summed E-state index contributed by atoms with van der Waals surface area (Å²) in [6.45, 7) is 1.72. The molecule has 6 nitrogen and oxygen atoms in total. The third kappa shape index (κ3) is 5.52. The van der Waals surface area contributed by atoms with Gasteiger partial charge in [0.2, 0.25) is 0 Å². The zero-order valence-electron chi connectivity index (χ0n) is 18.4. The normalized spacial score (nSPS) is 14.3. The number of methoxy groups -OCH3 is 1. The van der Waals surface area contributed by atoms with Crippen LogP contribution in [0.25, 0.3) is 12.2 Å². The molecule has 176 valence electrons. The summed E-state index contributed by atoms with van der Waals surface area (Å²) >= 11 is 2.74. The number of thiazole rings is 1. The first-order valence-electron chi connectivity index (χ1n) is 10.3. The molecule has 2 heterocycles. The van der Waals surface area contributed by atoms with Crippen LogP contribution in [0.2, 0.25) is 0 Å². The van der Waals surface area contributed by atoms with Crippen LogP contribution in [0.3, 0.4) is 0 Å². The van der Waals surface area contributed by atoms with Crippen molar-refractivity contribution in [3.8, 4) is 5.75 Å². The van der Waals surface area contributed by atoms with Crippen LogP contribution in [0.1, 0.15) is 23.7 Å². The summed E-state index contributed by atoms with van der Waals surface area (Å²) in [7, 11) is 1.62. The number of nitrogens with zero attached hydrogens (tertiary/aromatic N) is 4. The molecular weight excluding hydrogens is 478 g/mol. The van der Waals surface area contributed by atoms with Crippen LogP contribution in [-0.4, -0.2) is 37.2 Å². The number of rotatable bonds is 9. The van der Waals surface area contributed by atoms with E-state index in [0.29, 0.717) is 4.34 Å². The van der Waals surface area contributed by atoms with Gasteiger partial charge >= 0.3 is 0 Å². The molecule has 2 aromatic heterocycles. The Morgan fingerprint density at radius 2 is 2.00 bits per heavy atom. The van der Waals surface area contributed by atoms with Crippen molar-refractivity contribution in [2.75, 3.05) is 7.11 Å². The van der Waals surface area contributed by atoms with E-state index in [1.54, 1.807) is 14.0 Å². The fourth-order valence-electron chi connectivity index (χ4n) is 3.38. The molecule has 0 bridgehead atoms. The van der Waals surface area contributed by atoms with E-state index in [4.69, 9.17) is 4.74 Å². The Kier molecular flexibility index (Phi) is 7.40. The van der Waals surface area contributed by atoms with Crippen LogP contribution in [0.4, 0.5) is 8.78 Å². The molecule has 0 fully saturated rings. The Hall–Kier alpha value is -3.08. The third-order valence-electron chi connectivity index (χ3n) is 5.28. The van der Waals surface area contributed by atoms with E-state index in [1.165, 1.54) is 46.5 Å². The van der Waals surface area contributed by atoms with Crippen molar-refractivity contribution in [3.05, 3.63) is 89.0 Å². The van der Waals surface area contributed by atoms with E-state index in [-0.39, 0.29) is 12.1 Å². The van der Waals surface area contributed by atoms with Crippen molar-refractivity contribution in [2.24, 2.45) is 0 Å². The van der Waals surface area contributed by atoms with E-state index in [9.17, 15) is 13.9 Å². The molecule has 0 spiro atoms. The summed E-state index contributed by atoms with van der Waals surface area (Å²) in [5, 5.41) is 17.0. The van der Waals surface area contributed by atoms with Gasteiger partial charge in [0, 0.05) is 22.3 Å². The number of hydrogen-bond donors (Lipinski definition) is 1. The maximum Gasteiger partial charge on any atom is 0.150 e. The fraction of sp³-hybridized carbons (Fsp3) is 0.208.